The topological polar surface area (TPSA) is 75.7 Å². The van der Waals surface area contributed by atoms with Crippen LogP contribution in [0.3, 0.4) is 0 Å². The van der Waals surface area contributed by atoms with E-state index in [9.17, 15) is 13.2 Å². The lowest BCUT2D eigenvalue weighted by atomic mass is 10.1. The van der Waals surface area contributed by atoms with Crippen molar-refractivity contribution in [1.29, 1.82) is 0 Å². The molecular weight excluding hydrogens is 424 g/mol. The largest absolute Gasteiger partial charge is 0.492 e. The van der Waals surface area contributed by atoms with Crippen LogP contribution in [0.25, 0.3) is 21.5 Å². The van der Waals surface area contributed by atoms with E-state index in [2.05, 4.69) is 5.32 Å². The predicted octanol–water partition coefficient (Wildman–Crippen LogP) is 3.81. The van der Waals surface area contributed by atoms with Gasteiger partial charge in [-0.05, 0) is 45.8 Å². The van der Waals surface area contributed by atoms with Gasteiger partial charge >= 0.3 is 0 Å². The third-order valence-electron chi connectivity index (χ3n) is 5.21. The molecule has 0 unspecified atom stereocenters. The van der Waals surface area contributed by atoms with Crippen LogP contribution >= 0.6 is 0 Å². The summed E-state index contributed by atoms with van der Waals surface area (Å²) in [5, 5.41) is 6.70. The van der Waals surface area contributed by atoms with Crippen molar-refractivity contribution < 1.29 is 17.9 Å². The number of hydrogen-bond donors (Lipinski definition) is 1. The van der Waals surface area contributed by atoms with Crippen LogP contribution < -0.4 is 10.1 Å². The molecule has 1 N–H and O–H groups in total. The lowest BCUT2D eigenvalue weighted by Gasteiger charge is -2.17. The van der Waals surface area contributed by atoms with Crippen molar-refractivity contribution >= 4 is 37.5 Å². The molecule has 0 aliphatic carbocycles. The summed E-state index contributed by atoms with van der Waals surface area (Å²) in [4.78, 5) is 12.4. The van der Waals surface area contributed by atoms with E-state index in [1.807, 2.05) is 66.7 Å². The average Bonchev–Trinajstić information content (AvgIpc) is 2.81. The molecule has 7 heteroatoms. The summed E-state index contributed by atoms with van der Waals surface area (Å²) >= 11 is 0. The Morgan fingerprint density at radius 1 is 0.844 bits per heavy atom. The highest BCUT2D eigenvalue weighted by molar-refractivity contribution is 7.89. The van der Waals surface area contributed by atoms with Crippen LogP contribution in [0.2, 0.25) is 0 Å². The molecule has 32 heavy (non-hydrogen) atoms. The van der Waals surface area contributed by atoms with Crippen molar-refractivity contribution in [2.24, 2.45) is 0 Å². The van der Waals surface area contributed by atoms with Crippen LogP contribution in [-0.4, -0.2) is 45.4 Å². The van der Waals surface area contributed by atoms with E-state index in [1.54, 1.807) is 18.2 Å². The standard InChI is InChI=1S/C25H24N2O4S/c1-27(32(29,30)24-13-11-20-7-3-5-9-22(20)17-24)18-25(28)26-14-15-31-23-12-10-19-6-2-4-8-21(19)16-23/h2-13,16-17H,14-15,18H2,1H3,(H,26,28). The predicted molar refractivity (Wildman–Crippen MR) is 126 cm³/mol. The highest BCUT2D eigenvalue weighted by Gasteiger charge is 2.23. The van der Waals surface area contributed by atoms with E-state index in [1.165, 1.54) is 7.05 Å². The zero-order valence-corrected chi connectivity index (χ0v) is 18.5. The van der Waals surface area contributed by atoms with Crippen molar-refractivity contribution in [3.05, 3.63) is 84.9 Å². The van der Waals surface area contributed by atoms with Crippen LogP contribution in [-0.2, 0) is 14.8 Å². The summed E-state index contributed by atoms with van der Waals surface area (Å²) in [6.45, 7) is 0.284. The molecule has 0 radical (unpaired) electrons. The van der Waals surface area contributed by atoms with Crippen LogP contribution in [0.15, 0.2) is 89.8 Å². The van der Waals surface area contributed by atoms with Gasteiger partial charge in [-0.2, -0.15) is 4.31 Å². The van der Waals surface area contributed by atoms with Crippen molar-refractivity contribution in [2.45, 2.75) is 4.90 Å². The Morgan fingerprint density at radius 3 is 2.12 bits per heavy atom. The van der Waals surface area contributed by atoms with Crippen molar-refractivity contribution in [3.63, 3.8) is 0 Å². The average molecular weight is 449 g/mol. The Hall–Kier alpha value is -3.42. The zero-order valence-electron chi connectivity index (χ0n) is 17.7. The normalized spacial score (nSPS) is 11.7. The molecule has 0 spiro atoms. The summed E-state index contributed by atoms with van der Waals surface area (Å²) in [6, 6.07) is 26.3. The summed E-state index contributed by atoms with van der Waals surface area (Å²) in [7, 11) is -2.38. The van der Waals surface area contributed by atoms with E-state index in [0.717, 1.165) is 25.9 Å². The zero-order chi connectivity index (χ0) is 22.6. The van der Waals surface area contributed by atoms with Crippen molar-refractivity contribution in [1.82, 2.24) is 9.62 Å². The Morgan fingerprint density at radius 2 is 1.44 bits per heavy atom. The smallest absolute Gasteiger partial charge is 0.243 e. The second kappa shape index (κ2) is 9.38. The number of carbonyl (C=O) groups is 1. The van der Waals surface area contributed by atoms with Gasteiger partial charge in [-0.3, -0.25) is 4.79 Å². The van der Waals surface area contributed by atoms with E-state index in [4.69, 9.17) is 4.74 Å². The number of sulfonamides is 1. The molecule has 4 aromatic carbocycles. The van der Waals surface area contributed by atoms with Gasteiger partial charge in [0.15, 0.2) is 0 Å². The number of ether oxygens (including phenoxy) is 1. The summed E-state index contributed by atoms with van der Waals surface area (Å²) < 4.78 is 32.5. The van der Waals surface area contributed by atoms with Gasteiger partial charge in [-0.25, -0.2) is 8.42 Å². The fraction of sp³-hybridized carbons (Fsp3) is 0.160. The maximum absolute atomic E-state index is 12.9. The van der Waals surface area contributed by atoms with Gasteiger partial charge in [-0.15, -0.1) is 0 Å². The molecule has 4 rings (SSSR count). The molecular formula is C25H24N2O4S. The minimum atomic E-state index is -3.78. The number of amides is 1. The van der Waals surface area contributed by atoms with Crippen molar-refractivity contribution in [3.8, 4) is 5.75 Å². The van der Waals surface area contributed by atoms with Gasteiger partial charge < -0.3 is 10.1 Å². The number of benzene rings is 4. The number of carbonyl (C=O) groups excluding carboxylic acids is 1. The molecule has 4 aromatic rings. The molecule has 0 atom stereocenters. The van der Waals surface area contributed by atoms with Crippen LogP contribution in [0, 0.1) is 0 Å². The van der Waals surface area contributed by atoms with Crippen LogP contribution in [0.4, 0.5) is 0 Å². The Kier molecular flexibility index (Phi) is 6.39. The molecule has 0 heterocycles. The molecule has 164 valence electrons. The van der Waals surface area contributed by atoms with Gasteiger partial charge in [0, 0.05) is 7.05 Å². The highest BCUT2D eigenvalue weighted by atomic mass is 32.2. The van der Waals surface area contributed by atoms with Crippen molar-refractivity contribution in [2.75, 3.05) is 26.7 Å². The first-order valence-electron chi connectivity index (χ1n) is 10.3. The number of likely N-dealkylation sites (N-methyl/N-ethyl adjacent to an activating group) is 1. The second-order valence-electron chi connectivity index (χ2n) is 7.48. The first kappa shape index (κ1) is 21.8. The molecule has 1 amide bonds. The van der Waals surface area contributed by atoms with Gasteiger partial charge in [0.2, 0.25) is 15.9 Å². The maximum Gasteiger partial charge on any atom is 0.243 e. The highest BCUT2D eigenvalue weighted by Crippen LogP contribution is 2.22. The number of hydrogen-bond acceptors (Lipinski definition) is 4. The molecule has 0 aromatic heterocycles. The molecule has 0 bridgehead atoms. The molecule has 0 aliphatic rings. The monoisotopic (exact) mass is 448 g/mol. The molecule has 0 aliphatic heterocycles. The van der Waals surface area contributed by atoms with Gasteiger partial charge in [0.25, 0.3) is 0 Å². The molecule has 6 nitrogen and oxygen atoms in total. The quantitative estimate of drug-likeness (QED) is 0.416. The lowest BCUT2D eigenvalue weighted by molar-refractivity contribution is -0.121. The molecule has 0 saturated heterocycles. The molecule has 0 saturated carbocycles. The number of rotatable bonds is 8. The van der Waals surface area contributed by atoms with Gasteiger partial charge in [0.1, 0.15) is 12.4 Å². The summed E-state index contributed by atoms with van der Waals surface area (Å²) in [6.07, 6.45) is 0. The summed E-state index contributed by atoms with van der Waals surface area (Å²) in [5.41, 5.74) is 0. The Bertz CT molecular complexity index is 1370. The van der Waals surface area contributed by atoms with Gasteiger partial charge in [-0.1, -0.05) is 60.7 Å². The second-order valence-corrected chi connectivity index (χ2v) is 9.52. The van der Waals surface area contributed by atoms with Crippen LogP contribution in [0.1, 0.15) is 0 Å². The number of nitrogens with one attached hydrogen (secondary N) is 1. The third kappa shape index (κ3) is 4.90. The first-order valence-corrected chi connectivity index (χ1v) is 11.7. The minimum absolute atomic E-state index is 0.158. The number of fused-ring (bicyclic) bond motifs is 2. The Labute approximate surface area is 187 Å². The first-order chi connectivity index (χ1) is 15.4. The Balaban J connectivity index is 1.29. The lowest BCUT2D eigenvalue weighted by Crippen LogP contribution is -2.39. The van der Waals surface area contributed by atoms with E-state index < -0.39 is 10.0 Å². The fourth-order valence-corrected chi connectivity index (χ4v) is 4.63. The van der Waals surface area contributed by atoms with E-state index in [0.29, 0.717) is 5.75 Å². The van der Waals surface area contributed by atoms with E-state index in [-0.39, 0.29) is 30.5 Å². The third-order valence-corrected chi connectivity index (χ3v) is 7.01. The minimum Gasteiger partial charge on any atom is -0.492 e. The van der Waals surface area contributed by atoms with Gasteiger partial charge in [0.05, 0.1) is 18.0 Å². The SMILES string of the molecule is CN(CC(=O)NCCOc1ccc2ccccc2c1)S(=O)(=O)c1ccc2ccccc2c1. The van der Waals surface area contributed by atoms with Crippen LogP contribution in [0.5, 0.6) is 5.75 Å². The fourth-order valence-electron chi connectivity index (χ4n) is 3.47. The molecule has 0 fully saturated rings. The van der Waals surface area contributed by atoms with E-state index >= 15 is 0 Å². The number of nitrogens with zero attached hydrogens (tertiary/aromatic N) is 1. The summed E-state index contributed by atoms with van der Waals surface area (Å²) in [5.74, 6) is 0.327. The maximum atomic E-state index is 12.9.